The van der Waals surface area contributed by atoms with Gasteiger partial charge in [0.2, 0.25) is 5.91 Å². The third kappa shape index (κ3) is 3.70. The van der Waals surface area contributed by atoms with Crippen molar-refractivity contribution in [1.29, 1.82) is 0 Å². The Morgan fingerprint density at radius 3 is 2.72 bits per heavy atom. The Kier molecular flexibility index (Phi) is 4.67. The molecule has 3 N–H and O–H groups in total. The van der Waals surface area contributed by atoms with Crippen LogP contribution < -0.4 is 16.6 Å². The van der Waals surface area contributed by atoms with E-state index in [4.69, 9.17) is 5.73 Å². The molecule has 0 spiro atoms. The average molecular weight is 251 g/mol. The fourth-order valence-electron chi connectivity index (χ4n) is 1.66. The minimum atomic E-state index is -0.645. The average Bonchev–Trinajstić information content (AvgIpc) is 2.29. The van der Waals surface area contributed by atoms with E-state index in [2.05, 4.69) is 5.32 Å². The first-order chi connectivity index (χ1) is 8.36. The van der Waals surface area contributed by atoms with Crippen LogP contribution in [0.4, 0.5) is 0 Å². The van der Waals surface area contributed by atoms with Gasteiger partial charge in [0, 0.05) is 31.9 Å². The van der Waals surface area contributed by atoms with Crippen molar-refractivity contribution < 1.29 is 4.79 Å². The molecule has 5 nitrogen and oxygen atoms in total. The Labute approximate surface area is 107 Å². The number of carbonyl (C=O) groups is 1. The van der Waals surface area contributed by atoms with Crippen molar-refractivity contribution in [2.24, 2.45) is 11.1 Å². The molecule has 1 aromatic rings. The van der Waals surface area contributed by atoms with Gasteiger partial charge in [-0.2, -0.15) is 0 Å². The first kappa shape index (κ1) is 14.4. The molecule has 1 heterocycles. The van der Waals surface area contributed by atoms with Crippen molar-refractivity contribution in [2.45, 2.75) is 27.3 Å². The van der Waals surface area contributed by atoms with Crippen LogP contribution in [-0.4, -0.2) is 23.6 Å². The number of hydrogen-bond acceptors (Lipinski definition) is 3. The van der Waals surface area contributed by atoms with E-state index in [1.165, 1.54) is 0 Å². The number of nitrogens with one attached hydrogen (secondary N) is 1. The molecule has 1 amide bonds. The SMILES string of the molecule is Cc1ccn(CC(C)(C)C(=O)NCCN)c(=O)c1. The van der Waals surface area contributed by atoms with Gasteiger partial charge >= 0.3 is 0 Å². The first-order valence-electron chi connectivity index (χ1n) is 6.02. The number of amides is 1. The highest BCUT2D eigenvalue weighted by molar-refractivity contribution is 5.81. The number of hydrogen-bond donors (Lipinski definition) is 2. The maximum Gasteiger partial charge on any atom is 0.250 e. The topological polar surface area (TPSA) is 77.1 Å². The molecule has 0 atom stereocenters. The van der Waals surface area contributed by atoms with Gasteiger partial charge in [0.1, 0.15) is 0 Å². The van der Waals surface area contributed by atoms with Crippen LogP contribution in [0.1, 0.15) is 19.4 Å². The maximum absolute atomic E-state index is 11.9. The largest absolute Gasteiger partial charge is 0.354 e. The molecule has 0 saturated carbocycles. The number of pyridine rings is 1. The molecule has 0 unspecified atom stereocenters. The van der Waals surface area contributed by atoms with Crippen molar-refractivity contribution >= 4 is 5.91 Å². The van der Waals surface area contributed by atoms with Gasteiger partial charge in [0.15, 0.2) is 0 Å². The Morgan fingerprint density at radius 1 is 1.50 bits per heavy atom. The minimum Gasteiger partial charge on any atom is -0.354 e. The molecule has 0 radical (unpaired) electrons. The minimum absolute atomic E-state index is 0.0882. The third-order valence-electron chi connectivity index (χ3n) is 2.76. The van der Waals surface area contributed by atoms with Crippen LogP contribution in [0, 0.1) is 12.3 Å². The van der Waals surface area contributed by atoms with Crippen LogP contribution >= 0.6 is 0 Å². The fraction of sp³-hybridized carbons (Fsp3) is 0.538. The van der Waals surface area contributed by atoms with E-state index >= 15 is 0 Å². The lowest BCUT2D eigenvalue weighted by Crippen LogP contribution is -2.43. The quantitative estimate of drug-likeness (QED) is 0.788. The molecule has 0 aromatic carbocycles. The zero-order valence-corrected chi connectivity index (χ0v) is 11.2. The number of carbonyl (C=O) groups excluding carboxylic acids is 1. The molecule has 0 saturated heterocycles. The van der Waals surface area contributed by atoms with Crippen molar-refractivity contribution in [1.82, 2.24) is 9.88 Å². The number of nitrogens with two attached hydrogens (primary N) is 1. The molecular weight excluding hydrogens is 230 g/mol. The lowest BCUT2D eigenvalue weighted by atomic mass is 9.92. The summed E-state index contributed by atoms with van der Waals surface area (Å²) in [6, 6.07) is 3.42. The maximum atomic E-state index is 11.9. The predicted octanol–water partition coefficient (Wildman–Crippen LogP) is 0.258. The smallest absolute Gasteiger partial charge is 0.250 e. The second-order valence-corrected chi connectivity index (χ2v) is 5.10. The molecule has 100 valence electrons. The highest BCUT2D eigenvalue weighted by Gasteiger charge is 2.27. The summed E-state index contributed by atoms with van der Waals surface area (Å²) in [5, 5.41) is 2.74. The van der Waals surface area contributed by atoms with Crippen LogP contribution in [0.25, 0.3) is 0 Å². The van der Waals surface area contributed by atoms with Crippen molar-refractivity contribution in [3.8, 4) is 0 Å². The predicted molar refractivity (Wildman–Crippen MR) is 71.3 cm³/mol. The molecule has 0 aliphatic heterocycles. The summed E-state index contributed by atoms with van der Waals surface area (Å²) < 4.78 is 1.55. The molecule has 0 aliphatic rings. The van der Waals surface area contributed by atoms with Gasteiger partial charge in [-0.05, 0) is 32.4 Å². The van der Waals surface area contributed by atoms with Crippen molar-refractivity contribution in [2.75, 3.05) is 13.1 Å². The molecule has 1 rings (SSSR count). The van der Waals surface area contributed by atoms with Gasteiger partial charge in [0.25, 0.3) is 5.56 Å². The van der Waals surface area contributed by atoms with Crippen LogP contribution in [0.15, 0.2) is 23.1 Å². The lowest BCUT2D eigenvalue weighted by molar-refractivity contribution is -0.130. The number of rotatable bonds is 5. The van der Waals surface area contributed by atoms with Gasteiger partial charge in [-0.1, -0.05) is 0 Å². The number of nitrogens with zero attached hydrogens (tertiary/aromatic N) is 1. The molecule has 0 fully saturated rings. The number of aromatic nitrogens is 1. The molecule has 5 heteroatoms. The lowest BCUT2D eigenvalue weighted by Gasteiger charge is -2.24. The highest BCUT2D eigenvalue weighted by atomic mass is 16.2. The van der Waals surface area contributed by atoms with Crippen LogP contribution in [0.3, 0.4) is 0 Å². The van der Waals surface area contributed by atoms with Crippen LogP contribution in [-0.2, 0) is 11.3 Å². The van der Waals surface area contributed by atoms with E-state index < -0.39 is 5.41 Å². The van der Waals surface area contributed by atoms with Crippen molar-refractivity contribution in [3.63, 3.8) is 0 Å². The summed E-state index contributed by atoms with van der Waals surface area (Å²) >= 11 is 0. The van der Waals surface area contributed by atoms with Gasteiger partial charge in [-0.25, -0.2) is 0 Å². The van der Waals surface area contributed by atoms with Gasteiger partial charge in [-0.3, -0.25) is 9.59 Å². The summed E-state index contributed by atoms with van der Waals surface area (Å²) in [6.07, 6.45) is 1.72. The van der Waals surface area contributed by atoms with E-state index in [-0.39, 0.29) is 11.5 Å². The van der Waals surface area contributed by atoms with E-state index in [0.717, 1.165) is 5.56 Å². The first-order valence-corrected chi connectivity index (χ1v) is 6.02. The highest BCUT2D eigenvalue weighted by Crippen LogP contribution is 2.17. The van der Waals surface area contributed by atoms with Crippen LogP contribution in [0.5, 0.6) is 0 Å². The Hall–Kier alpha value is -1.62. The normalized spacial score (nSPS) is 11.3. The zero-order chi connectivity index (χ0) is 13.8. The summed E-state index contributed by atoms with van der Waals surface area (Å²) in [6.45, 7) is 6.70. The Bertz CT molecular complexity index is 477. The Balaban J connectivity index is 2.81. The molecule has 0 aliphatic carbocycles. The van der Waals surface area contributed by atoms with E-state index in [0.29, 0.717) is 19.6 Å². The molecule has 18 heavy (non-hydrogen) atoms. The monoisotopic (exact) mass is 251 g/mol. The summed E-state index contributed by atoms with van der Waals surface area (Å²) in [4.78, 5) is 23.7. The molecule has 0 bridgehead atoms. The Morgan fingerprint density at radius 2 is 2.17 bits per heavy atom. The number of aryl methyl sites for hydroxylation is 1. The fourth-order valence-corrected chi connectivity index (χ4v) is 1.66. The van der Waals surface area contributed by atoms with Gasteiger partial charge in [-0.15, -0.1) is 0 Å². The van der Waals surface area contributed by atoms with Gasteiger partial charge < -0.3 is 15.6 Å². The molecule has 1 aromatic heterocycles. The standard InChI is InChI=1S/C13H21N3O2/c1-10-4-7-16(11(17)8-10)9-13(2,3)12(18)15-6-5-14/h4,7-8H,5-6,9,14H2,1-3H3,(H,15,18). The summed E-state index contributed by atoms with van der Waals surface area (Å²) in [7, 11) is 0. The second-order valence-electron chi connectivity index (χ2n) is 5.10. The summed E-state index contributed by atoms with van der Waals surface area (Å²) in [5.41, 5.74) is 5.53. The third-order valence-corrected chi connectivity index (χ3v) is 2.76. The molecular formula is C13H21N3O2. The van der Waals surface area contributed by atoms with E-state index in [1.54, 1.807) is 16.8 Å². The summed E-state index contributed by atoms with van der Waals surface area (Å²) in [5.74, 6) is -0.0968. The van der Waals surface area contributed by atoms with E-state index in [9.17, 15) is 9.59 Å². The van der Waals surface area contributed by atoms with E-state index in [1.807, 2.05) is 26.8 Å². The van der Waals surface area contributed by atoms with Crippen LogP contribution in [0.2, 0.25) is 0 Å². The van der Waals surface area contributed by atoms with Gasteiger partial charge in [0.05, 0.1) is 5.41 Å². The zero-order valence-electron chi connectivity index (χ0n) is 11.2. The van der Waals surface area contributed by atoms with Crippen molar-refractivity contribution in [3.05, 3.63) is 34.2 Å². The second kappa shape index (κ2) is 5.82.